The van der Waals surface area contributed by atoms with Gasteiger partial charge in [0.15, 0.2) is 5.78 Å². The summed E-state index contributed by atoms with van der Waals surface area (Å²) < 4.78 is 6.17. The Bertz CT molecular complexity index is 329. The highest BCUT2D eigenvalue weighted by molar-refractivity contribution is 9.10. The maximum Gasteiger partial charge on any atom is 0.177 e. The van der Waals surface area contributed by atoms with Crippen molar-refractivity contribution in [3.63, 3.8) is 0 Å². The molecular formula is C10H11BrO2S. The summed E-state index contributed by atoms with van der Waals surface area (Å²) in [5.74, 6) is 0.439. The minimum Gasteiger partial charge on any atom is -0.381 e. The van der Waals surface area contributed by atoms with Gasteiger partial charge in [-0.15, -0.1) is 11.3 Å². The van der Waals surface area contributed by atoms with Gasteiger partial charge in [-0.1, -0.05) is 0 Å². The fourth-order valence-electron chi connectivity index (χ4n) is 1.61. The number of ether oxygens (including phenoxy) is 1. The van der Waals surface area contributed by atoms with Crippen molar-refractivity contribution in [2.24, 2.45) is 5.92 Å². The molecule has 1 aliphatic heterocycles. The van der Waals surface area contributed by atoms with Gasteiger partial charge in [0.05, 0.1) is 4.88 Å². The van der Waals surface area contributed by atoms with Gasteiger partial charge in [0.2, 0.25) is 0 Å². The van der Waals surface area contributed by atoms with E-state index in [0.29, 0.717) is 0 Å². The van der Waals surface area contributed by atoms with Crippen LogP contribution in [0, 0.1) is 5.92 Å². The topological polar surface area (TPSA) is 26.3 Å². The van der Waals surface area contributed by atoms with E-state index in [-0.39, 0.29) is 11.7 Å². The van der Waals surface area contributed by atoms with Crippen LogP contribution in [0.25, 0.3) is 0 Å². The Balaban J connectivity index is 2.11. The Morgan fingerprint density at radius 2 is 2.21 bits per heavy atom. The van der Waals surface area contributed by atoms with E-state index >= 15 is 0 Å². The molecule has 0 unspecified atom stereocenters. The number of halogens is 1. The largest absolute Gasteiger partial charge is 0.381 e. The van der Waals surface area contributed by atoms with E-state index in [4.69, 9.17) is 4.74 Å². The molecule has 0 radical (unpaired) electrons. The average Bonchev–Trinajstić information content (AvgIpc) is 2.65. The molecule has 1 aromatic heterocycles. The standard InChI is InChI=1S/C10H11BrO2S/c11-8-3-6-14-10(8)9(12)7-1-4-13-5-2-7/h3,6-7H,1-2,4-5H2. The first-order chi connectivity index (χ1) is 6.79. The predicted octanol–water partition coefficient (Wildman–Crippen LogP) is 3.12. The van der Waals surface area contributed by atoms with Gasteiger partial charge in [0.1, 0.15) is 0 Å². The molecule has 14 heavy (non-hydrogen) atoms. The van der Waals surface area contributed by atoms with E-state index in [0.717, 1.165) is 35.4 Å². The van der Waals surface area contributed by atoms with Crippen LogP contribution in [0.15, 0.2) is 15.9 Å². The summed E-state index contributed by atoms with van der Waals surface area (Å²) in [6.45, 7) is 1.44. The third-order valence-corrected chi connectivity index (χ3v) is 4.29. The van der Waals surface area contributed by atoms with E-state index in [1.54, 1.807) is 0 Å². The van der Waals surface area contributed by atoms with Crippen LogP contribution >= 0.6 is 27.3 Å². The summed E-state index contributed by atoms with van der Waals surface area (Å²) in [6.07, 6.45) is 1.73. The van der Waals surface area contributed by atoms with Crippen molar-refractivity contribution in [2.45, 2.75) is 12.8 Å². The summed E-state index contributed by atoms with van der Waals surface area (Å²) in [6, 6.07) is 1.93. The lowest BCUT2D eigenvalue weighted by atomic mass is 9.94. The van der Waals surface area contributed by atoms with Crippen LogP contribution in [0.2, 0.25) is 0 Å². The molecule has 1 aromatic rings. The maximum absolute atomic E-state index is 12.0. The second-order valence-corrected chi connectivity index (χ2v) is 5.12. The van der Waals surface area contributed by atoms with Crippen molar-refractivity contribution in [3.05, 3.63) is 20.8 Å². The molecule has 1 fully saturated rings. The van der Waals surface area contributed by atoms with E-state index in [9.17, 15) is 4.79 Å². The second kappa shape index (κ2) is 4.55. The van der Waals surface area contributed by atoms with E-state index in [2.05, 4.69) is 15.9 Å². The van der Waals surface area contributed by atoms with Crippen LogP contribution in [0.5, 0.6) is 0 Å². The number of carbonyl (C=O) groups is 1. The molecule has 0 atom stereocenters. The average molecular weight is 275 g/mol. The molecule has 0 aliphatic carbocycles. The van der Waals surface area contributed by atoms with Crippen LogP contribution < -0.4 is 0 Å². The zero-order valence-corrected chi connectivity index (χ0v) is 10.1. The molecular weight excluding hydrogens is 264 g/mol. The SMILES string of the molecule is O=C(c1sccc1Br)C1CCOCC1. The summed E-state index contributed by atoms with van der Waals surface area (Å²) >= 11 is 4.91. The number of carbonyl (C=O) groups excluding carboxylic acids is 1. The van der Waals surface area contributed by atoms with Gasteiger partial charge >= 0.3 is 0 Å². The van der Waals surface area contributed by atoms with Crippen molar-refractivity contribution in [2.75, 3.05) is 13.2 Å². The number of hydrogen-bond acceptors (Lipinski definition) is 3. The maximum atomic E-state index is 12.0. The smallest absolute Gasteiger partial charge is 0.177 e. The molecule has 0 saturated carbocycles. The Labute approximate surface area is 95.4 Å². The molecule has 0 bridgehead atoms. The van der Waals surface area contributed by atoms with Gasteiger partial charge < -0.3 is 4.74 Å². The molecule has 4 heteroatoms. The zero-order valence-electron chi connectivity index (χ0n) is 7.66. The lowest BCUT2D eigenvalue weighted by Gasteiger charge is -2.20. The van der Waals surface area contributed by atoms with Gasteiger partial charge in [-0.3, -0.25) is 4.79 Å². The van der Waals surface area contributed by atoms with Gasteiger partial charge in [-0.05, 0) is 40.2 Å². The predicted molar refractivity (Wildman–Crippen MR) is 59.9 cm³/mol. The number of thiophene rings is 1. The molecule has 2 nitrogen and oxygen atoms in total. The van der Waals surface area contributed by atoms with Crippen LogP contribution in [0.3, 0.4) is 0 Å². The third-order valence-electron chi connectivity index (χ3n) is 2.43. The van der Waals surface area contributed by atoms with Crippen LogP contribution in [-0.2, 0) is 4.74 Å². The summed E-state index contributed by atoms with van der Waals surface area (Å²) in [5, 5.41) is 1.94. The van der Waals surface area contributed by atoms with Crippen LogP contribution in [0.1, 0.15) is 22.5 Å². The van der Waals surface area contributed by atoms with Gasteiger partial charge in [0.25, 0.3) is 0 Å². The van der Waals surface area contributed by atoms with Crippen molar-refractivity contribution in [3.8, 4) is 0 Å². The van der Waals surface area contributed by atoms with Gasteiger partial charge in [0, 0.05) is 23.6 Å². The lowest BCUT2D eigenvalue weighted by molar-refractivity contribution is 0.0547. The molecule has 0 N–H and O–H groups in total. The molecule has 1 aliphatic rings. The number of Topliss-reactive ketones (excluding diaryl/α,β-unsaturated/α-hetero) is 1. The fourth-order valence-corrected chi connectivity index (χ4v) is 3.20. The molecule has 76 valence electrons. The Morgan fingerprint density at radius 3 is 2.79 bits per heavy atom. The quantitative estimate of drug-likeness (QED) is 0.775. The molecule has 0 aromatic carbocycles. The Morgan fingerprint density at radius 1 is 1.50 bits per heavy atom. The van der Waals surface area contributed by atoms with Crippen molar-refractivity contribution in [1.82, 2.24) is 0 Å². The van der Waals surface area contributed by atoms with Crippen molar-refractivity contribution < 1.29 is 9.53 Å². The van der Waals surface area contributed by atoms with Crippen molar-refractivity contribution >= 4 is 33.0 Å². The number of hydrogen-bond donors (Lipinski definition) is 0. The molecule has 1 saturated heterocycles. The van der Waals surface area contributed by atoms with Crippen molar-refractivity contribution in [1.29, 1.82) is 0 Å². The Kier molecular flexibility index (Phi) is 3.36. The molecule has 2 rings (SSSR count). The summed E-state index contributed by atoms with van der Waals surface area (Å²) in [7, 11) is 0. The molecule has 0 spiro atoms. The van der Waals surface area contributed by atoms with E-state index in [1.165, 1.54) is 11.3 Å². The van der Waals surface area contributed by atoms with Gasteiger partial charge in [-0.25, -0.2) is 0 Å². The monoisotopic (exact) mass is 274 g/mol. The van der Waals surface area contributed by atoms with E-state index in [1.807, 2.05) is 11.4 Å². The lowest BCUT2D eigenvalue weighted by Crippen LogP contribution is -2.23. The molecule has 0 amide bonds. The zero-order chi connectivity index (χ0) is 9.97. The fraction of sp³-hybridized carbons (Fsp3) is 0.500. The summed E-state index contributed by atoms with van der Waals surface area (Å²) in [4.78, 5) is 12.9. The Hall–Kier alpha value is -0.190. The third kappa shape index (κ3) is 2.07. The molecule has 2 heterocycles. The van der Waals surface area contributed by atoms with Gasteiger partial charge in [-0.2, -0.15) is 0 Å². The highest BCUT2D eigenvalue weighted by atomic mass is 79.9. The number of rotatable bonds is 2. The normalized spacial score (nSPS) is 18.4. The first-order valence-electron chi connectivity index (χ1n) is 4.64. The number of ketones is 1. The van der Waals surface area contributed by atoms with Crippen LogP contribution in [-0.4, -0.2) is 19.0 Å². The first kappa shape index (κ1) is 10.3. The van der Waals surface area contributed by atoms with Crippen LogP contribution in [0.4, 0.5) is 0 Å². The van der Waals surface area contributed by atoms with E-state index < -0.39 is 0 Å². The minimum absolute atomic E-state index is 0.165. The highest BCUT2D eigenvalue weighted by Gasteiger charge is 2.24. The first-order valence-corrected chi connectivity index (χ1v) is 6.31. The summed E-state index contributed by atoms with van der Waals surface area (Å²) in [5.41, 5.74) is 0. The second-order valence-electron chi connectivity index (χ2n) is 3.35. The minimum atomic E-state index is 0.165. The highest BCUT2D eigenvalue weighted by Crippen LogP contribution is 2.28.